The van der Waals surface area contributed by atoms with Crippen molar-refractivity contribution in [2.45, 2.75) is 51.4 Å². The molecule has 4 nitrogen and oxygen atoms in total. The van der Waals surface area contributed by atoms with Gasteiger partial charge in [-0.15, -0.1) is 0 Å². The van der Waals surface area contributed by atoms with Crippen LogP contribution in [0, 0.1) is 5.92 Å². The number of hydrogen-bond donors (Lipinski definition) is 2. The molecule has 1 aromatic carbocycles. The number of rotatable bonds is 8. The number of nitrogens with one attached hydrogen (secondary N) is 1. The van der Waals surface area contributed by atoms with Crippen molar-refractivity contribution in [3.63, 3.8) is 0 Å². The molecule has 1 amide bonds. The Kier molecular flexibility index (Phi) is 6.44. The van der Waals surface area contributed by atoms with E-state index in [1.54, 1.807) is 18.2 Å². The molecule has 1 fully saturated rings. The third kappa shape index (κ3) is 5.51. The van der Waals surface area contributed by atoms with Gasteiger partial charge in [0.2, 0.25) is 5.91 Å². The molecule has 0 spiro atoms. The van der Waals surface area contributed by atoms with Crippen molar-refractivity contribution >= 4 is 11.9 Å². The topological polar surface area (TPSA) is 66.4 Å². The van der Waals surface area contributed by atoms with E-state index < -0.39 is 5.97 Å². The molecule has 0 atom stereocenters. The van der Waals surface area contributed by atoms with Crippen molar-refractivity contribution in [1.29, 1.82) is 0 Å². The van der Waals surface area contributed by atoms with Gasteiger partial charge in [-0.25, -0.2) is 4.79 Å². The molecule has 120 valence electrons. The average Bonchev–Trinajstić information content (AvgIpc) is 3.01. The molecule has 22 heavy (non-hydrogen) atoms. The normalized spacial score (nSPS) is 14.9. The summed E-state index contributed by atoms with van der Waals surface area (Å²) in [6, 6.07) is 6.86. The van der Waals surface area contributed by atoms with Gasteiger partial charge in [-0.05, 0) is 42.9 Å². The summed E-state index contributed by atoms with van der Waals surface area (Å²) in [6.45, 7) is 0.561. The van der Waals surface area contributed by atoms with Crippen molar-refractivity contribution in [1.82, 2.24) is 5.32 Å². The van der Waals surface area contributed by atoms with Gasteiger partial charge in [-0.1, -0.05) is 37.8 Å². The van der Waals surface area contributed by atoms with Gasteiger partial charge in [0.1, 0.15) is 0 Å². The standard InChI is InChI=1S/C18H25NO3/c20-17(10-4-7-14-5-1-2-6-14)19-12-11-15-8-3-9-16(13-15)18(21)22/h3,8-9,13-14H,1-2,4-7,10-12H2,(H,19,20)(H,21,22). The van der Waals surface area contributed by atoms with Crippen molar-refractivity contribution in [2.75, 3.05) is 6.54 Å². The van der Waals surface area contributed by atoms with E-state index in [1.165, 1.54) is 32.1 Å². The van der Waals surface area contributed by atoms with Gasteiger partial charge < -0.3 is 10.4 Å². The molecule has 1 aromatic rings. The summed E-state index contributed by atoms with van der Waals surface area (Å²) in [7, 11) is 0. The molecule has 2 rings (SSSR count). The van der Waals surface area contributed by atoms with Crippen LogP contribution in [-0.2, 0) is 11.2 Å². The van der Waals surface area contributed by atoms with E-state index in [2.05, 4.69) is 5.32 Å². The largest absolute Gasteiger partial charge is 0.478 e. The van der Waals surface area contributed by atoms with Crippen LogP contribution in [0.1, 0.15) is 60.9 Å². The number of carbonyl (C=O) groups is 2. The van der Waals surface area contributed by atoms with E-state index in [1.807, 2.05) is 6.07 Å². The fourth-order valence-electron chi connectivity index (χ4n) is 3.14. The van der Waals surface area contributed by atoms with E-state index in [9.17, 15) is 9.59 Å². The molecule has 1 saturated carbocycles. The highest BCUT2D eigenvalue weighted by Gasteiger charge is 2.14. The van der Waals surface area contributed by atoms with E-state index in [0.29, 0.717) is 24.9 Å². The van der Waals surface area contributed by atoms with E-state index >= 15 is 0 Å². The van der Waals surface area contributed by atoms with E-state index in [0.717, 1.165) is 17.9 Å². The number of hydrogen-bond acceptors (Lipinski definition) is 2. The Morgan fingerprint density at radius 1 is 1.23 bits per heavy atom. The molecule has 0 radical (unpaired) electrons. The van der Waals surface area contributed by atoms with Crippen LogP contribution in [0.4, 0.5) is 0 Å². The van der Waals surface area contributed by atoms with Crippen LogP contribution in [0.25, 0.3) is 0 Å². The maximum absolute atomic E-state index is 11.8. The number of carboxylic acid groups (broad SMARTS) is 1. The van der Waals surface area contributed by atoms with Crippen LogP contribution in [0.3, 0.4) is 0 Å². The number of benzene rings is 1. The summed E-state index contributed by atoms with van der Waals surface area (Å²) in [5, 5.41) is 11.9. The first-order chi connectivity index (χ1) is 10.6. The van der Waals surface area contributed by atoms with Crippen LogP contribution >= 0.6 is 0 Å². The molecule has 0 unspecified atom stereocenters. The Labute approximate surface area is 131 Å². The van der Waals surface area contributed by atoms with Crippen LogP contribution < -0.4 is 5.32 Å². The lowest BCUT2D eigenvalue weighted by Crippen LogP contribution is -2.25. The predicted octanol–water partition coefficient (Wildman–Crippen LogP) is 3.40. The van der Waals surface area contributed by atoms with E-state index in [4.69, 9.17) is 5.11 Å². The van der Waals surface area contributed by atoms with Crippen molar-refractivity contribution < 1.29 is 14.7 Å². The van der Waals surface area contributed by atoms with Crippen LogP contribution in [0.5, 0.6) is 0 Å². The second-order valence-corrected chi connectivity index (χ2v) is 6.15. The highest BCUT2D eigenvalue weighted by molar-refractivity contribution is 5.87. The summed E-state index contributed by atoms with van der Waals surface area (Å²) >= 11 is 0. The first kappa shape index (κ1) is 16.5. The summed E-state index contributed by atoms with van der Waals surface area (Å²) in [6.07, 6.45) is 8.79. The molecule has 0 saturated heterocycles. The first-order valence-corrected chi connectivity index (χ1v) is 8.24. The average molecular weight is 303 g/mol. The fourth-order valence-corrected chi connectivity index (χ4v) is 3.14. The third-order valence-corrected chi connectivity index (χ3v) is 4.40. The Hall–Kier alpha value is -1.84. The predicted molar refractivity (Wildman–Crippen MR) is 85.9 cm³/mol. The third-order valence-electron chi connectivity index (χ3n) is 4.40. The van der Waals surface area contributed by atoms with Gasteiger partial charge in [-0.3, -0.25) is 4.79 Å². The highest BCUT2D eigenvalue weighted by atomic mass is 16.4. The molecule has 4 heteroatoms. The minimum atomic E-state index is -0.919. The van der Waals surface area contributed by atoms with Gasteiger partial charge in [0.25, 0.3) is 0 Å². The van der Waals surface area contributed by atoms with Crippen LogP contribution in [-0.4, -0.2) is 23.5 Å². The Bertz CT molecular complexity index is 507. The molecule has 2 N–H and O–H groups in total. The lowest BCUT2D eigenvalue weighted by molar-refractivity contribution is -0.121. The monoisotopic (exact) mass is 303 g/mol. The smallest absolute Gasteiger partial charge is 0.335 e. The van der Waals surface area contributed by atoms with Gasteiger partial charge in [0.05, 0.1) is 5.56 Å². The zero-order valence-electron chi connectivity index (χ0n) is 13.0. The number of carbonyl (C=O) groups excluding carboxylic acids is 1. The zero-order valence-corrected chi connectivity index (χ0v) is 13.0. The summed E-state index contributed by atoms with van der Waals surface area (Å²) in [5.74, 6) is 0.0248. The molecule has 0 aliphatic heterocycles. The molecular weight excluding hydrogens is 278 g/mol. The molecular formula is C18H25NO3. The second-order valence-electron chi connectivity index (χ2n) is 6.15. The molecule has 0 bridgehead atoms. The van der Waals surface area contributed by atoms with E-state index in [-0.39, 0.29) is 5.91 Å². The summed E-state index contributed by atoms with van der Waals surface area (Å²) in [4.78, 5) is 22.7. The molecule has 0 aromatic heterocycles. The van der Waals surface area contributed by atoms with Crippen LogP contribution in [0.15, 0.2) is 24.3 Å². The summed E-state index contributed by atoms with van der Waals surface area (Å²) < 4.78 is 0. The van der Waals surface area contributed by atoms with Crippen molar-refractivity contribution in [3.05, 3.63) is 35.4 Å². The molecule has 0 heterocycles. The number of aromatic carboxylic acids is 1. The quantitative estimate of drug-likeness (QED) is 0.773. The fraction of sp³-hybridized carbons (Fsp3) is 0.556. The number of carboxylic acids is 1. The Morgan fingerprint density at radius 2 is 2.00 bits per heavy atom. The Balaban J connectivity index is 1.62. The van der Waals surface area contributed by atoms with Gasteiger partial charge >= 0.3 is 5.97 Å². The number of amides is 1. The highest BCUT2D eigenvalue weighted by Crippen LogP contribution is 2.28. The minimum absolute atomic E-state index is 0.104. The van der Waals surface area contributed by atoms with Crippen molar-refractivity contribution in [2.24, 2.45) is 5.92 Å². The lowest BCUT2D eigenvalue weighted by atomic mass is 10.0. The SMILES string of the molecule is O=C(CCCC1CCCC1)NCCc1cccc(C(=O)O)c1. The van der Waals surface area contributed by atoms with Gasteiger partial charge in [0, 0.05) is 13.0 Å². The Morgan fingerprint density at radius 3 is 2.73 bits per heavy atom. The minimum Gasteiger partial charge on any atom is -0.478 e. The summed E-state index contributed by atoms with van der Waals surface area (Å²) in [5.41, 5.74) is 1.23. The maximum Gasteiger partial charge on any atom is 0.335 e. The maximum atomic E-state index is 11.8. The lowest BCUT2D eigenvalue weighted by Gasteiger charge is -2.09. The van der Waals surface area contributed by atoms with Gasteiger partial charge in [0.15, 0.2) is 0 Å². The molecule has 1 aliphatic carbocycles. The van der Waals surface area contributed by atoms with Crippen LogP contribution in [0.2, 0.25) is 0 Å². The van der Waals surface area contributed by atoms with Crippen molar-refractivity contribution in [3.8, 4) is 0 Å². The first-order valence-electron chi connectivity index (χ1n) is 8.24. The molecule has 1 aliphatic rings. The second kappa shape index (κ2) is 8.57. The van der Waals surface area contributed by atoms with Gasteiger partial charge in [-0.2, -0.15) is 0 Å². The zero-order chi connectivity index (χ0) is 15.8.